The number of nitrogens with zero attached hydrogens (tertiary/aromatic N) is 1. The molecule has 2 rings (SSSR count). The van der Waals surface area contributed by atoms with Gasteiger partial charge in [-0.1, -0.05) is 58.4 Å². The number of anilines is 3. The zero-order valence-electron chi connectivity index (χ0n) is 19.7. The monoisotopic (exact) mass is 423 g/mol. The van der Waals surface area contributed by atoms with E-state index >= 15 is 0 Å². The van der Waals surface area contributed by atoms with Crippen molar-refractivity contribution in [2.45, 2.75) is 48.0 Å². The largest absolute Gasteiger partial charge is 0.369 e. The number of nitrogens with one attached hydrogen (secondary N) is 2. The zero-order chi connectivity index (χ0) is 23.0. The lowest BCUT2D eigenvalue weighted by Gasteiger charge is -2.31. The molecule has 0 heterocycles. The van der Waals surface area contributed by atoms with Crippen molar-refractivity contribution in [1.29, 1.82) is 0 Å². The van der Waals surface area contributed by atoms with Crippen molar-refractivity contribution in [3.8, 4) is 0 Å². The number of amides is 2. The maximum absolute atomic E-state index is 12.8. The van der Waals surface area contributed by atoms with Gasteiger partial charge in [0.15, 0.2) is 0 Å². The third-order valence-electron chi connectivity index (χ3n) is 4.92. The Labute approximate surface area is 187 Å². The zero-order valence-corrected chi connectivity index (χ0v) is 19.7. The number of aryl methyl sites for hydroxylation is 1. The fraction of sp³-hybridized carbons (Fsp3) is 0.462. The third-order valence-corrected chi connectivity index (χ3v) is 4.92. The summed E-state index contributed by atoms with van der Waals surface area (Å²) in [5, 5.41) is 5.96. The summed E-state index contributed by atoms with van der Waals surface area (Å²) >= 11 is 0. The Kier molecular flexibility index (Phi) is 9.10. The lowest BCUT2D eigenvalue weighted by Crippen LogP contribution is -2.32. The summed E-state index contributed by atoms with van der Waals surface area (Å²) in [6.07, 6.45) is 1.61. The van der Waals surface area contributed by atoms with Gasteiger partial charge in [-0.2, -0.15) is 0 Å². The van der Waals surface area contributed by atoms with E-state index in [1.165, 1.54) is 0 Å². The minimum Gasteiger partial charge on any atom is -0.369 e. The number of carbonyl (C=O) groups is 2. The fourth-order valence-corrected chi connectivity index (χ4v) is 3.58. The molecule has 1 unspecified atom stereocenters. The van der Waals surface area contributed by atoms with Crippen molar-refractivity contribution >= 4 is 29.4 Å². The molecule has 0 aliphatic carbocycles. The summed E-state index contributed by atoms with van der Waals surface area (Å²) in [6, 6.07) is 13.6. The highest BCUT2D eigenvalue weighted by atomic mass is 16.2. The number of hydrogen-bond acceptors (Lipinski definition) is 3. The first-order valence-corrected chi connectivity index (χ1v) is 11.2. The van der Waals surface area contributed by atoms with Gasteiger partial charge in [-0.3, -0.25) is 0 Å². The molecule has 2 aromatic carbocycles. The highest BCUT2D eigenvalue weighted by molar-refractivity contribution is 6.02. The van der Waals surface area contributed by atoms with Crippen LogP contribution in [0.4, 0.5) is 21.9 Å². The van der Waals surface area contributed by atoms with E-state index in [1.807, 2.05) is 44.2 Å². The van der Waals surface area contributed by atoms with Crippen molar-refractivity contribution < 1.29 is 9.59 Å². The van der Waals surface area contributed by atoms with Gasteiger partial charge >= 0.3 is 6.03 Å². The van der Waals surface area contributed by atoms with Crippen LogP contribution in [-0.2, 0) is 11.2 Å². The summed E-state index contributed by atoms with van der Waals surface area (Å²) in [6.45, 7) is 14.5. The second-order valence-electron chi connectivity index (χ2n) is 9.31. The quantitative estimate of drug-likeness (QED) is 0.452. The van der Waals surface area contributed by atoms with Crippen molar-refractivity contribution in [3.05, 3.63) is 53.6 Å². The van der Waals surface area contributed by atoms with E-state index in [2.05, 4.69) is 55.4 Å². The maximum atomic E-state index is 12.8. The van der Waals surface area contributed by atoms with Crippen LogP contribution in [0.5, 0.6) is 0 Å². The van der Waals surface area contributed by atoms with Crippen molar-refractivity contribution in [3.63, 3.8) is 0 Å². The first kappa shape index (κ1) is 24.4. The predicted octanol–water partition coefficient (Wildman–Crippen LogP) is 6.13. The van der Waals surface area contributed by atoms with Gasteiger partial charge in [0.1, 0.15) is 6.29 Å². The summed E-state index contributed by atoms with van der Waals surface area (Å²) in [7, 11) is 0. The number of carbonyl (C=O) groups excluding carboxylic acids is 2. The molecule has 0 saturated carbocycles. The van der Waals surface area contributed by atoms with Crippen molar-refractivity contribution in [2.75, 3.05) is 28.6 Å². The number of benzene rings is 2. The average Bonchev–Trinajstić information content (AvgIpc) is 2.68. The van der Waals surface area contributed by atoms with Gasteiger partial charge in [-0.05, 0) is 55.0 Å². The maximum Gasteiger partial charge on any atom is 0.323 e. The van der Waals surface area contributed by atoms with Crippen molar-refractivity contribution in [2.24, 2.45) is 17.8 Å². The van der Waals surface area contributed by atoms with E-state index in [9.17, 15) is 9.59 Å². The van der Waals surface area contributed by atoms with E-state index in [0.717, 1.165) is 47.6 Å². The fourth-order valence-electron chi connectivity index (χ4n) is 3.58. The predicted molar refractivity (Wildman–Crippen MR) is 131 cm³/mol. The summed E-state index contributed by atoms with van der Waals surface area (Å²) in [4.78, 5) is 26.2. The SMILES string of the molecule is Cc1ccc(NC(=O)Nc2cc(CC(C)C=O)ccc2N(CC(C)C)CC(C)C)cc1. The molecule has 5 nitrogen and oxygen atoms in total. The van der Waals surface area contributed by atoms with E-state index in [-0.39, 0.29) is 11.9 Å². The molecule has 0 fully saturated rings. The number of hydrogen-bond donors (Lipinski definition) is 2. The van der Waals surface area contributed by atoms with Crippen LogP contribution in [0.2, 0.25) is 0 Å². The Morgan fingerprint density at radius 1 is 0.935 bits per heavy atom. The molecule has 0 spiro atoms. The number of rotatable bonds is 10. The molecule has 0 saturated heterocycles. The second-order valence-corrected chi connectivity index (χ2v) is 9.31. The molecule has 1 atom stereocenters. The molecule has 0 radical (unpaired) electrons. The Morgan fingerprint density at radius 3 is 2.10 bits per heavy atom. The normalized spacial score (nSPS) is 12.0. The van der Waals surface area contributed by atoms with Crippen LogP contribution >= 0.6 is 0 Å². The Bertz CT molecular complexity index is 849. The molecular formula is C26H37N3O2. The van der Waals surface area contributed by atoms with Gasteiger partial charge in [-0.25, -0.2) is 4.79 Å². The first-order valence-electron chi connectivity index (χ1n) is 11.2. The average molecular weight is 424 g/mol. The van der Waals surface area contributed by atoms with Crippen LogP contribution in [0, 0.1) is 24.7 Å². The van der Waals surface area contributed by atoms with Crippen LogP contribution in [0.25, 0.3) is 0 Å². The van der Waals surface area contributed by atoms with E-state index < -0.39 is 0 Å². The van der Waals surface area contributed by atoms with Crippen LogP contribution in [0.15, 0.2) is 42.5 Å². The van der Waals surface area contributed by atoms with E-state index in [0.29, 0.717) is 18.3 Å². The molecule has 5 heteroatoms. The second kappa shape index (κ2) is 11.5. The van der Waals surface area contributed by atoms with Crippen LogP contribution in [-0.4, -0.2) is 25.4 Å². The summed E-state index contributed by atoms with van der Waals surface area (Å²) < 4.78 is 0. The Morgan fingerprint density at radius 2 is 1.55 bits per heavy atom. The van der Waals surface area contributed by atoms with Crippen LogP contribution in [0.3, 0.4) is 0 Å². The molecular weight excluding hydrogens is 386 g/mol. The molecule has 2 amide bonds. The van der Waals surface area contributed by atoms with Gasteiger partial charge < -0.3 is 20.3 Å². The topological polar surface area (TPSA) is 61.4 Å². The number of aldehydes is 1. The first-order chi connectivity index (χ1) is 14.7. The van der Waals surface area contributed by atoms with Gasteiger partial charge in [0, 0.05) is 24.7 Å². The van der Waals surface area contributed by atoms with Gasteiger partial charge in [0.05, 0.1) is 11.4 Å². The molecule has 0 aliphatic rings. The van der Waals surface area contributed by atoms with Crippen LogP contribution < -0.4 is 15.5 Å². The molecule has 0 aromatic heterocycles. The smallest absolute Gasteiger partial charge is 0.323 e. The highest BCUT2D eigenvalue weighted by Crippen LogP contribution is 2.30. The number of urea groups is 1. The minimum atomic E-state index is -0.278. The van der Waals surface area contributed by atoms with Gasteiger partial charge in [-0.15, -0.1) is 0 Å². The standard InChI is InChI=1S/C26H37N3O2/c1-18(2)15-29(16-19(3)4)25-12-9-22(13-21(6)17-30)14-24(25)28-26(31)27-23-10-7-20(5)8-11-23/h7-12,14,17-19,21H,13,15-16H2,1-6H3,(H2,27,28,31). The summed E-state index contributed by atoms with van der Waals surface area (Å²) in [5.41, 5.74) is 4.69. The van der Waals surface area contributed by atoms with Gasteiger partial charge in [0.25, 0.3) is 0 Å². The van der Waals surface area contributed by atoms with E-state index in [4.69, 9.17) is 0 Å². The Balaban J connectivity index is 2.33. The highest BCUT2D eigenvalue weighted by Gasteiger charge is 2.17. The molecule has 0 aliphatic heterocycles. The van der Waals surface area contributed by atoms with Crippen LogP contribution in [0.1, 0.15) is 45.7 Å². The Hall–Kier alpha value is -2.82. The molecule has 31 heavy (non-hydrogen) atoms. The minimum absolute atomic E-state index is 0.0671. The summed E-state index contributed by atoms with van der Waals surface area (Å²) in [5.74, 6) is 0.910. The molecule has 0 bridgehead atoms. The third kappa shape index (κ3) is 8.08. The lowest BCUT2D eigenvalue weighted by atomic mass is 10.0. The lowest BCUT2D eigenvalue weighted by molar-refractivity contribution is -0.110. The molecule has 2 N–H and O–H groups in total. The van der Waals surface area contributed by atoms with E-state index in [1.54, 1.807) is 0 Å². The molecule has 168 valence electrons. The van der Waals surface area contributed by atoms with Crippen molar-refractivity contribution in [1.82, 2.24) is 0 Å². The molecule has 2 aromatic rings. The van der Waals surface area contributed by atoms with Gasteiger partial charge in [0.2, 0.25) is 0 Å².